The molecule has 7 nitrogen and oxygen atoms in total. The van der Waals surface area contributed by atoms with Crippen molar-refractivity contribution in [2.45, 2.75) is 0 Å². The van der Waals surface area contributed by atoms with E-state index in [-0.39, 0.29) is 35.3 Å². The molecule has 0 aliphatic heterocycles. The normalized spacial score (nSPS) is 9.63. The van der Waals surface area contributed by atoms with Crippen LogP contribution in [-0.2, 0) is 4.79 Å². The summed E-state index contributed by atoms with van der Waals surface area (Å²) in [6.07, 6.45) is 0. The molecule has 0 atom stereocenters. The first kappa shape index (κ1) is 14.6. The van der Waals surface area contributed by atoms with Crippen LogP contribution in [0.4, 0.5) is 0 Å². The summed E-state index contributed by atoms with van der Waals surface area (Å²) in [6.45, 7) is -0.227. The molecular formula is C12H15NO6. The van der Waals surface area contributed by atoms with Crippen LogP contribution in [0.3, 0.4) is 0 Å². The zero-order chi connectivity index (χ0) is 14.4. The summed E-state index contributed by atoms with van der Waals surface area (Å²) in [6, 6.07) is 2.59. The highest BCUT2D eigenvalue weighted by Gasteiger charge is 2.17. The summed E-state index contributed by atoms with van der Waals surface area (Å²) in [5.74, 6) is -0.902. The number of carboxylic acid groups (broad SMARTS) is 1. The Morgan fingerprint density at radius 2 is 1.74 bits per heavy atom. The predicted molar refractivity (Wildman–Crippen MR) is 66.1 cm³/mol. The van der Waals surface area contributed by atoms with Crippen LogP contribution in [0.1, 0.15) is 10.4 Å². The van der Waals surface area contributed by atoms with E-state index in [4.69, 9.17) is 19.3 Å². The molecule has 19 heavy (non-hydrogen) atoms. The fraction of sp³-hybridized carbons (Fsp3) is 0.333. The Balaban J connectivity index is 3.13. The number of amides is 1. The number of carbonyl (C=O) groups excluding carboxylic acids is 1. The molecule has 1 aromatic rings. The monoisotopic (exact) mass is 269 g/mol. The first-order valence-corrected chi connectivity index (χ1v) is 5.36. The van der Waals surface area contributed by atoms with E-state index in [1.54, 1.807) is 0 Å². The molecule has 0 unspecified atom stereocenters. The maximum Gasteiger partial charge on any atom is 0.335 e. The molecule has 0 aliphatic carbocycles. The summed E-state index contributed by atoms with van der Waals surface area (Å²) in [4.78, 5) is 22.1. The van der Waals surface area contributed by atoms with E-state index in [0.717, 1.165) is 0 Å². The van der Waals surface area contributed by atoms with Crippen molar-refractivity contribution in [3.8, 4) is 17.2 Å². The lowest BCUT2D eigenvalue weighted by molar-refractivity contribution is -0.122. The maximum atomic E-state index is 11.1. The average molecular weight is 269 g/mol. The van der Waals surface area contributed by atoms with Gasteiger partial charge in [-0.1, -0.05) is 0 Å². The fourth-order valence-electron chi connectivity index (χ4n) is 1.36. The van der Waals surface area contributed by atoms with Crippen LogP contribution >= 0.6 is 0 Å². The van der Waals surface area contributed by atoms with Gasteiger partial charge in [0.15, 0.2) is 18.1 Å². The Kier molecular flexibility index (Phi) is 4.99. The van der Waals surface area contributed by atoms with Gasteiger partial charge in [-0.3, -0.25) is 4.79 Å². The van der Waals surface area contributed by atoms with Crippen LogP contribution in [0.15, 0.2) is 12.1 Å². The molecule has 0 aromatic heterocycles. The summed E-state index contributed by atoms with van der Waals surface area (Å²) in [5, 5.41) is 11.4. The third-order valence-corrected chi connectivity index (χ3v) is 2.33. The van der Waals surface area contributed by atoms with Gasteiger partial charge in [0.1, 0.15) is 0 Å². The highest BCUT2D eigenvalue weighted by Crippen LogP contribution is 2.38. The van der Waals surface area contributed by atoms with Crippen molar-refractivity contribution < 1.29 is 28.9 Å². The molecule has 0 saturated heterocycles. The number of hydrogen-bond donors (Lipinski definition) is 2. The molecule has 1 rings (SSSR count). The van der Waals surface area contributed by atoms with E-state index in [2.05, 4.69) is 5.32 Å². The van der Waals surface area contributed by atoms with Crippen LogP contribution in [-0.4, -0.2) is 44.9 Å². The van der Waals surface area contributed by atoms with Crippen molar-refractivity contribution >= 4 is 11.9 Å². The second-order valence-electron chi connectivity index (χ2n) is 3.48. The van der Waals surface area contributed by atoms with Gasteiger partial charge in [-0.25, -0.2) is 4.79 Å². The number of rotatable bonds is 6. The smallest absolute Gasteiger partial charge is 0.335 e. The van der Waals surface area contributed by atoms with E-state index >= 15 is 0 Å². The highest BCUT2D eigenvalue weighted by atomic mass is 16.5. The predicted octanol–water partition coefficient (Wildman–Crippen LogP) is 0.527. The number of aromatic carboxylic acids is 1. The lowest BCUT2D eigenvalue weighted by Gasteiger charge is -2.14. The van der Waals surface area contributed by atoms with Gasteiger partial charge in [0.2, 0.25) is 5.75 Å². The number of carboxylic acids is 1. The summed E-state index contributed by atoms with van der Waals surface area (Å²) in [7, 11) is 4.22. The van der Waals surface area contributed by atoms with Gasteiger partial charge in [0.25, 0.3) is 5.91 Å². The van der Waals surface area contributed by atoms with Gasteiger partial charge >= 0.3 is 5.97 Å². The zero-order valence-electron chi connectivity index (χ0n) is 10.9. The number of ether oxygens (including phenoxy) is 3. The fourth-order valence-corrected chi connectivity index (χ4v) is 1.36. The Hall–Kier alpha value is -2.44. The van der Waals surface area contributed by atoms with Gasteiger partial charge in [0, 0.05) is 7.05 Å². The molecule has 0 bridgehead atoms. The highest BCUT2D eigenvalue weighted by molar-refractivity contribution is 5.89. The van der Waals surface area contributed by atoms with E-state index in [1.807, 2.05) is 0 Å². The Morgan fingerprint density at radius 1 is 1.21 bits per heavy atom. The lowest BCUT2D eigenvalue weighted by Crippen LogP contribution is -2.25. The molecule has 1 aromatic carbocycles. The van der Waals surface area contributed by atoms with Crippen LogP contribution < -0.4 is 19.5 Å². The Bertz CT molecular complexity index is 460. The molecule has 1 amide bonds. The lowest BCUT2D eigenvalue weighted by atomic mass is 10.2. The minimum Gasteiger partial charge on any atom is -0.493 e. The molecule has 0 saturated carbocycles. The van der Waals surface area contributed by atoms with Crippen LogP contribution in [0.5, 0.6) is 17.2 Å². The first-order valence-electron chi connectivity index (χ1n) is 5.36. The largest absolute Gasteiger partial charge is 0.493 e. The second-order valence-corrected chi connectivity index (χ2v) is 3.48. The van der Waals surface area contributed by atoms with Crippen LogP contribution in [0, 0.1) is 0 Å². The minimum absolute atomic E-state index is 0.000919. The molecule has 0 aliphatic rings. The zero-order valence-corrected chi connectivity index (χ0v) is 10.9. The van der Waals surface area contributed by atoms with E-state index in [0.29, 0.717) is 0 Å². The standard InChI is InChI=1S/C12H15NO6/c1-13-10(14)6-19-11-8(17-2)4-7(12(15)16)5-9(11)18-3/h4-5H,6H2,1-3H3,(H,13,14)(H,15,16). The number of methoxy groups -OCH3 is 2. The number of nitrogens with one attached hydrogen (secondary N) is 1. The second kappa shape index (κ2) is 6.48. The van der Waals surface area contributed by atoms with Gasteiger partial charge in [-0.15, -0.1) is 0 Å². The van der Waals surface area contributed by atoms with Crippen molar-refractivity contribution in [2.24, 2.45) is 0 Å². The van der Waals surface area contributed by atoms with Crippen molar-refractivity contribution in [1.82, 2.24) is 5.32 Å². The molecule has 7 heteroatoms. The molecule has 2 N–H and O–H groups in total. The molecule has 104 valence electrons. The van der Waals surface area contributed by atoms with Crippen molar-refractivity contribution in [2.75, 3.05) is 27.9 Å². The SMILES string of the molecule is CNC(=O)COc1c(OC)cc(C(=O)O)cc1OC. The third-order valence-electron chi connectivity index (χ3n) is 2.33. The molecular weight excluding hydrogens is 254 g/mol. The van der Waals surface area contributed by atoms with E-state index < -0.39 is 5.97 Å². The quantitative estimate of drug-likeness (QED) is 0.782. The summed E-state index contributed by atoms with van der Waals surface area (Å²) in [5.41, 5.74) is 0.000919. The molecule has 0 radical (unpaired) electrons. The molecule has 0 fully saturated rings. The topological polar surface area (TPSA) is 94.1 Å². The molecule has 0 heterocycles. The molecule has 0 spiro atoms. The summed E-state index contributed by atoms with van der Waals surface area (Å²) >= 11 is 0. The number of carbonyl (C=O) groups is 2. The van der Waals surface area contributed by atoms with Crippen molar-refractivity contribution in [1.29, 1.82) is 0 Å². The minimum atomic E-state index is -1.12. The average Bonchev–Trinajstić information content (AvgIpc) is 2.43. The number of hydrogen-bond acceptors (Lipinski definition) is 5. The first-order chi connectivity index (χ1) is 9.03. The van der Waals surface area contributed by atoms with Crippen LogP contribution in [0.2, 0.25) is 0 Å². The number of likely N-dealkylation sites (N-methyl/N-ethyl adjacent to an activating group) is 1. The van der Waals surface area contributed by atoms with Gasteiger partial charge < -0.3 is 24.6 Å². The van der Waals surface area contributed by atoms with Gasteiger partial charge in [-0.2, -0.15) is 0 Å². The summed E-state index contributed by atoms with van der Waals surface area (Å²) < 4.78 is 15.4. The van der Waals surface area contributed by atoms with Gasteiger partial charge in [-0.05, 0) is 12.1 Å². The van der Waals surface area contributed by atoms with Crippen molar-refractivity contribution in [3.05, 3.63) is 17.7 Å². The number of benzene rings is 1. The van der Waals surface area contributed by atoms with Crippen LogP contribution in [0.25, 0.3) is 0 Å². The Morgan fingerprint density at radius 3 is 2.11 bits per heavy atom. The Labute approximate surface area is 110 Å². The van der Waals surface area contributed by atoms with E-state index in [9.17, 15) is 9.59 Å². The van der Waals surface area contributed by atoms with Gasteiger partial charge in [0.05, 0.1) is 19.8 Å². The maximum absolute atomic E-state index is 11.1. The van der Waals surface area contributed by atoms with Crippen molar-refractivity contribution in [3.63, 3.8) is 0 Å². The van der Waals surface area contributed by atoms with E-state index in [1.165, 1.54) is 33.4 Å². The third kappa shape index (κ3) is 3.51.